The number of ether oxygens (including phenoxy) is 1. The first kappa shape index (κ1) is 12.8. The summed E-state index contributed by atoms with van der Waals surface area (Å²) in [6, 6.07) is 3.31. The van der Waals surface area contributed by atoms with Gasteiger partial charge in [0, 0.05) is 19.4 Å². The van der Waals surface area contributed by atoms with Gasteiger partial charge in [-0.1, -0.05) is 5.16 Å². The van der Waals surface area contributed by atoms with Crippen LogP contribution in [-0.2, 0) is 17.9 Å². The maximum absolute atomic E-state index is 10.8. The van der Waals surface area contributed by atoms with E-state index >= 15 is 0 Å². The molecular formula is C11H11BrN2O4. The molecule has 96 valence electrons. The van der Waals surface area contributed by atoms with Crippen molar-refractivity contribution < 1.29 is 19.2 Å². The minimum absolute atomic E-state index is 0.225. The first-order valence-corrected chi connectivity index (χ1v) is 5.92. The standard InChI is InChI=1S/C11H11BrN2O4/c1-17-6-9-3-8(13-18-9)5-14-4-7(11(15)16)2-10(14)12/h2-4H,5-6H2,1H3,(H,15,16). The molecule has 0 radical (unpaired) electrons. The molecule has 0 aliphatic heterocycles. The molecule has 2 aromatic heterocycles. The van der Waals surface area contributed by atoms with Crippen molar-refractivity contribution in [2.75, 3.05) is 7.11 Å². The van der Waals surface area contributed by atoms with Crippen LogP contribution < -0.4 is 0 Å². The van der Waals surface area contributed by atoms with Crippen LogP contribution in [0.3, 0.4) is 0 Å². The normalized spacial score (nSPS) is 10.8. The van der Waals surface area contributed by atoms with Crippen molar-refractivity contribution in [3.63, 3.8) is 0 Å². The SMILES string of the molecule is COCc1cc(Cn2cc(C(=O)O)cc2Br)no1. The summed E-state index contributed by atoms with van der Waals surface area (Å²) in [5, 5.41) is 12.8. The van der Waals surface area contributed by atoms with Crippen LogP contribution in [0.2, 0.25) is 0 Å². The zero-order chi connectivity index (χ0) is 13.1. The van der Waals surface area contributed by atoms with Gasteiger partial charge in [-0.25, -0.2) is 4.79 Å². The van der Waals surface area contributed by atoms with Gasteiger partial charge in [0.25, 0.3) is 0 Å². The zero-order valence-corrected chi connectivity index (χ0v) is 11.2. The van der Waals surface area contributed by atoms with Crippen LogP contribution in [0, 0.1) is 0 Å². The minimum atomic E-state index is -0.963. The third kappa shape index (κ3) is 2.80. The first-order chi connectivity index (χ1) is 8.60. The van der Waals surface area contributed by atoms with E-state index in [-0.39, 0.29) is 5.56 Å². The molecule has 6 nitrogen and oxygen atoms in total. The van der Waals surface area contributed by atoms with Gasteiger partial charge in [0.05, 0.1) is 16.7 Å². The van der Waals surface area contributed by atoms with Crippen LogP contribution in [0.25, 0.3) is 0 Å². The van der Waals surface area contributed by atoms with Gasteiger partial charge in [-0.05, 0) is 22.0 Å². The summed E-state index contributed by atoms with van der Waals surface area (Å²) < 4.78 is 12.4. The highest BCUT2D eigenvalue weighted by molar-refractivity contribution is 9.10. The molecule has 2 aromatic rings. The fourth-order valence-electron chi connectivity index (χ4n) is 1.53. The number of rotatable bonds is 5. The van der Waals surface area contributed by atoms with Crippen LogP contribution >= 0.6 is 15.9 Å². The number of hydrogen-bond acceptors (Lipinski definition) is 4. The molecule has 0 spiro atoms. The quantitative estimate of drug-likeness (QED) is 0.914. The number of nitrogens with zero attached hydrogens (tertiary/aromatic N) is 2. The van der Waals surface area contributed by atoms with E-state index in [0.29, 0.717) is 29.2 Å². The molecule has 0 unspecified atom stereocenters. The molecule has 0 fully saturated rings. The van der Waals surface area contributed by atoms with E-state index in [1.807, 2.05) is 0 Å². The molecule has 7 heteroatoms. The molecule has 1 N–H and O–H groups in total. The van der Waals surface area contributed by atoms with Crippen molar-refractivity contribution in [3.8, 4) is 0 Å². The summed E-state index contributed by atoms with van der Waals surface area (Å²) in [5.41, 5.74) is 0.928. The Labute approximate surface area is 111 Å². The summed E-state index contributed by atoms with van der Waals surface area (Å²) in [6.07, 6.45) is 1.54. The molecule has 0 aliphatic carbocycles. The lowest BCUT2D eigenvalue weighted by atomic mass is 10.3. The molecule has 2 heterocycles. The van der Waals surface area contributed by atoms with E-state index in [0.717, 1.165) is 0 Å². The summed E-state index contributed by atoms with van der Waals surface area (Å²) >= 11 is 3.30. The second-order valence-electron chi connectivity index (χ2n) is 3.70. The van der Waals surface area contributed by atoms with Crippen molar-refractivity contribution in [2.24, 2.45) is 0 Å². The molecule has 0 saturated heterocycles. The largest absolute Gasteiger partial charge is 0.478 e. The predicted octanol–water partition coefficient (Wildman–Crippen LogP) is 2.13. The van der Waals surface area contributed by atoms with Crippen molar-refractivity contribution in [1.82, 2.24) is 9.72 Å². The number of carboxylic acids is 1. The number of carboxylic acid groups (broad SMARTS) is 1. The maximum atomic E-state index is 10.8. The highest BCUT2D eigenvalue weighted by Crippen LogP contribution is 2.17. The van der Waals surface area contributed by atoms with Crippen molar-refractivity contribution >= 4 is 21.9 Å². The van der Waals surface area contributed by atoms with Crippen LogP contribution in [0.1, 0.15) is 21.8 Å². The molecule has 2 rings (SSSR count). The van der Waals surface area contributed by atoms with E-state index in [4.69, 9.17) is 14.4 Å². The second-order valence-corrected chi connectivity index (χ2v) is 4.51. The second kappa shape index (κ2) is 5.36. The Morgan fingerprint density at radius 1 is 1.61 bits per heavy atom. The molecule has 0 aliphatic rings. The lowest BCUT2D eigenvalue weighted by Crippen LogP contribution is -1.99. The monoisotopic (exact) mass is 314 g/mol. The number of carbonyl (C=O) groups is 1. The van der Waals surface area contributed by atoms with Gasteiger partial charge in [-0.3, -0.25) is 0 Å². The van der Waals surface area contributed by atoms with Gasteiger partial charge in [0.1, 0.15) is 12.3 Å². The lowest BCUT2D eigenvalue weighted by molar-refractivity contribution is 0.0697. The fourth-order valence-corrected chi connectivity index (χ4v) is 2.01. The molecule has 0 saturated carbocycles. The Morgan fingerprint density at radius 3 is 3.00 bits per heavy atom. The van der Waals surface area contributed by atoms with Gasteiger partial charge in [0.15, 0.2) is 5.76 Å². The molecule has 0 atom stereocenters. The van der Waals surface area contributed by atoms with Crippen molar-refractivity contribution in [2.45, 2.75) is 13.2 Å². The average Bonchev–Trinajstić information content (AvgIpc) is 2.88. The van der Waals surface area contributed by atoms with Crippen LogP contribution in [0.4, 0.5) is 0 Å². The van der Waals surface area contributed by atoms with Gasteiger partial charge in [-0.15, -0.1) is 0 Å². The molecule has 0 amide bonds. The van der Waals surface area contributed by atoms with Gasteiger partial charge >= 0.3 is 5.97 Å². The summed E-state index contributed by atoms with van der Waals surface area (Å²) in [7, 11) is 1.57. The van der Waals surface area contributed by atoms with Crippen LogP contribution in [0.5, 0.6) is 0 Å². The molecule has 0 bridgehead atoms. The minimum Gasteiger partial charge on any atom is -0.478 e. The third-order valence-corrected chi connectivity index (χ3v) is 3.00. The van der Waals surface area contributed by atoms with Crippen molar-refractivity contribution in [1.29, 1.82) is 0 Å². The summed E-state index contributed by atoms with van der Waals surface area (Å²) in [5.74, 6) is -0.330. The van der Waals surface area contributed by atoms with Crippen LogP contribution in [0.15, 0.2) is 27.5 Å². The average molecular weight is 315 g/mol. The van der Waals surface area contributed by atoms with Gasteiger partial charge in [-0.2, -0.15) is 0 Å². The number of aromatic nitrogens is 2. The Morgan fingerprint density at radius 2 is 2.39 bits per heavy atom. The van der Waals surface area contributed by atoms with E-state index in [2.05, 4.69) is 21.1 Å². The smallest absolute Gasteiger partial charge is 0.337 e. The molecule has 18 heavy (non-hydrogen) atoms. The van der Waals surface area contributed by atoms with E-state index in [1.54, 1.807) is 23.8 Å². The molecular weight excluding hydrogens is 304 g/mol. The highest BCUT2D eigenvalue weighted by Gasteiger charge is 2.11. The Kier molecular flexibility index (Phi) is 3.83. The summed E-state index contributed by atoms with van der Waals surface area (Å²) in [4.78, 5) is 10.8. The molecule has 0 aromatic carbocycles. The number of aromatic carboxylic acids is 1. The van der Waals surface area contributed by atoms with Crippen LogP contribution in [-0.4, -0.2) is 27.9 Å². The summed E-state index contributed by atoms with van der Waals surface area (Å²) in [6.45, 7) is 0.793. The van der Waals surface area contributed by atoms with E-state index in [1.165, 1.54) is 6.20 Å². The van der Waals surface area contributed by atoms with Crippen molar-refractivity contribution in [3.05, 3.63) is 40.0 Å². The number of halogens is 1. The number of hydrogen-bond donors (Lipinski definition) is 1. The van der Waals surface area contributed by atoms with Gasteiger partial charge < -0.3 is 18.9 Å². The lowest BCUT2D eigenvalue weighted by Gasteiger charge is -2.00. The Hall–Kier alpha value is -1.60. The van der Waals surface area contributed by atoms with E-state index < -0.39 is 5.97 Å². The zero-order valence-electron chi connectivity index (χ0n) is 9.59. The highest BCUT2D eigenvalue weighted by atomic mass is 79.9. The van der Waals surface area contributed by atoms with E-state index in [9.17, 15) is 4.79 Å². The topological polar surface area (TPSA) is 77.5 Å². The fraction of sp³-hybridized carbons (Fsp3) is 0.273. The Bertz CT molecular complexity index is 561. The van der Waals surface area contributed by atoms with Gasteiger partial charge in [0.2, 0.25) is 0 Å². The third-order valence-electron chi connectivity index (χ3n) is 2.32. The predicted molar refractivity (Wildman–Crippen MR) is 65.4 cm³/mol. The Balaban J connectivity index is 2.14. The maximum Gasteiger partial charge on any atom is 0.337 e. The first-order valence-electron chi connectivity index (χ1n) is 5.12. The number of methoxy groups -OCH3 is 1.